The number of hydrogen-bond acceptors (Lipinski definition) is 3. The summed E-state index contributed by atoms with van der Waals surface area (Å²) >= 11 is 0. The van der Waals surface area contributed by atoms with E-state index < -0.39 is 18.0 Å². The average Bonchev–Trinajstić information content (AvgIpc) is 3.10. The summed E-state index contributed by atoms with van der Waals surface area (Å²) in [5.74, 6) is -0.528. The van der Waals surface area contributed by atoms with Crippen molar-refractivity contribution in [3.63, 3.8) is 0 Å². The Balaban J connectivity index is 2.05. The van der Waals surface area contributed by atoms with Crippen molar-refractivity contribution in [1.29, 1.82) is 0 Å². The van der Waals surface area contributed by atoms with Crippen LogP contribution in [0.5, 0.6) is 5.75 Å². The molecule has 1 aromatic carbocycles. The molecule has 7 heteroatoms. The van der Waals surface area contributed by atoms with Crippen LogP contribution in [0.4, 0.5) is 13.2 Å². The smallest absolute Gasteiger partial charge is 0.406 e. The molecule has 0 aliphatic carbocycles. The fourth-order valence-electron chi connectivity index (χ4n) is 1.73. The summed E-state index contributed by atoms with van der Waals surface area (Å²) in [6.45, 7) is 3.92. The molecule has 2 rings (SSSR count). The Morgan fingerprint density at radius 2 is 1.85 bits per heavy atom. The molecule has 1 aromatic rings. The van der Waals surface area contributed by atoms with Crippen molar-refractivity contribution in [3.8, 4) is 5.75 Å². The minimum Gasteiger partial charge on any atom is -0.406 e. The number of amides is 1. The summed E-state index contributed by atoms with van der Waals surface area (Å²) in [5, 5.41) is 2.78. The van der Waals surface area contributed by atoms with Gasteiger partial charge in [-0.25, -0.2) is 0 Å². The van der Waals surface area contributed by atoms with Crippen LogP contribution in [-0.4, -0.2) is 25.0 Å². The highest BCUT2D eigenvalue weighted by Gasteiger charge is 2.35. The first-order chi connectivity index (χ1) is 9.17. The van der Waals surface area contributed by atoms with E-state index in [4.69, 9.17) is 4.74 Å². The summed E-state index contributed by atoms with van der Waals surface area (Å²) in [7, 11) is 0. The standard InChI is InChI=1S/C13H14F3NO3/c1-12(2,17-11(18)10-7-19-10)8-3-5-9(6-4-8)20-13(14,15)16/h3-6,10H,7H2,1-2H3,(H,17,18). The van der Waals surface area contributed by atoms with Gasteiger partial charge in [0.2, 0.25) is 0 Å². The molecule has 0 radical (unpaired) electrons. The van der Waals surface area contributed by atoms with Crippen LogP contribution in [0.3, 0.4) is 0 Å². The molecule has 0 aromatic heterocycles. The van der Waals surface area contributed by atoms with Crippen molar-refractivity contribution < 1.29 is 27.4 Å². The molecule has 1 amide bonds. The number of carbonyl (C=O) groups is 1. The van der Waals surface area contributed by atoms with Gasteiger partial charge in [-0.2, -0.15) is 0 Å². The molecule has 1 atom stereocenters. The molecule has 20 heavy (non-hydrogen) atoms. The lowest BCUT2D eigenvalue weighted by molar-refractivity contribution is -0.274. The number of benzene rings is 1. The number of carbonyl (C=O) groups excluding carboxylic acids is 1. The van der Waals surface area contributed by atoms with Crippen LogP contribution in [0.15, 0.2) is 24.3 Å². The number of halogens is 3. The first-order valence-corrected chi connectivity index (χ1v) is 5.97. The molecule has 1 fully saturated rings. The van der Waals surface area contributed by atoms with Gasteiger partial charge in [0.1, 0.15) is 5.75 Å². The third-order valence-electron chi connectivity index (χ3n) is 2.87. The third-order valence-corrected chi connectivity index (χ3v) is 2.87. The van der Waals surface area contributed by atoms with Gasteiger partial charge in [0.25, 0.3) is 5.91 Å². The van der Waals surface area contributed by atoms with Crippen molar-refractivity contribution in [2.75, 3.05) is 6.61 Å². The van der Waals surface area contributed by atoms with Crippen molar-refractivity contribution >= 4 is 5.91 Å². The molecule has 0 bridgehead atoms. The van der Waals surface area contributed by atoms with Gasteiger partial charge < -0.3 is 14.8 Å². The van der Waals surface area contributed by atoms with Gasteiger partial charge in [-0.3, -0.25) is 4.79 Å². The molecular formula is C13H14F3NO3. The zero-order chi connectivity index (χ0) is 15.0. The Morgan fingerprint density at radius 1 is 1.30 bits per heavy atom. The molecule has 1 heterocycles. The SMILES string of the molecule is CC(C)(NC(=O)C1CO1)c1ccc(OC(F)(F)F)cc1. The lowest BCUT2D eigenvalue weighted by Crippen LogP contribution is -2.43. The minimum atomic E-state index is -4.71. The highest BCUT2D eigenvalue weighted by atomic mass is 19.4. The zero-order valence-corrected chi connectivity index (χ0v) is 11.0. The highest BCUT2D eigenvalue weighted by molar-refractivity contribution is 5.83. The van der Waals surface area contributed by atoms with Crippen LogP contribution in [0, 0.1) is 0 Å². The van der Waals surface area contributed by atoms with Gasteiger partial charge in [-0.15, -0.1) is 13.2 Å². The lowest BCUT2D eigenvalue weighted by Gasteiger charge is -2.26. The summed E-state index contributed by atoms with van der Waals surface area (Å²) in [4.78, 5) is 11.6. The van der Waals surface area contributed by atoms with Gasteiger partial charge in [-0.1, -0.05) is 12.1 Å². The fourth-order valence-corrected chi connectivity index (χ4v) is 1.73. The number of epoxide rings is 1. The maximum atomic E-state index is 12.1. The molecule has 0 spiro atoms. The lowest BCUT2D eigenvalue weighted by atomic mass is 9.94. The fraction of sp³-hybridized carbons (Fsp3) is 0.462. The molecule has 1 aliphatic rings. The zero-order valence-electron chi connectivity index (χ0n) is 11.0. The summed E-state index contributed by atoms with van der Waals surface area (Å²) in [6.07, 6.45) is -5.13. The second-order valence-corrected chi connectivity index (χ2v) is 5.01. The van der Waals surface area contributed by atoms with Crippen LogP contribution in [0.2, 0.25) is 0 Å². The van der Waals surface area contributed by atoms with E-state index in [9.17, 15) is 18.0 Å². The van der Waals surface area contributed by atoms with Crippen LogP contribution < -0.4 is 10.1 Å². The van der Waals surface area contributed by atoms with E-state index >= 15 is 0 Å². The normalized spacial score (nSPS) is 18.6. The maximum Gasteiger partial charge on any atom is 0.573 e. The summed E-state index contributed by atoms with van der Waals surface area (Å²) in [5.41, 5.74) is -0.0409. The predicted molar refractivity (Wildman–Crippen MR) is 64.0 cm³/mol. The summed E-state index contributed by atoms with van der Waals surface area (Å²) < 4.78 is 44.8. The van der Waals surface area contributed by atoms with Gasteiger partial charge >= 0.3 is 6.36 Å². The first kappa shape index (κ1) is 14.6. The van der Waals surface area contributed by atoms with E-state index in [1.54, 1.807) is 13.8 Å². The Morgan fingerprint density at radius 3 is 2.30 bits per heavy atom. The van der Waals surface area contributed by atoms with Crippen molar-refractivity contribution in [1.82, 2.24) is 5.32 Å². The average molecular weight is 289 g/mol. The number of nitrogens with one attached hydrogen (secondary N) is 1. The third kappa shape index (κ3) is 3.86. The molecule has 1 unspecified atom stereocenters. The predicted octanol–water partition coefficient (Wildman–Crippen LogP) is 2.34. The van der Waals surface area contributed by atoms with E-state index in [2.05, 4.69) is 10.1 Å². The van der Waals surface area contributed by atoms with Crippen molar-refractivity contribution in [3.05, 3.63) is 29.8 Å². The molecule has 1 aliphatic heterocycles. The summed E-state index contributed by atoms with van der Waals surface area (Å²) in [6, 6.07) is 5.39. The van der Waals surface area contributed by atoms with Crippen LogP contribution in [0.1, 0.15) is 19.4 Å². The number of rotatable bonds is 4. The number of hydrogen-bond donors (Lipinski definition) is 1. The molecule has 110 valence electrons. The highest BCUT2D eigenvalue weighted by Crippen LogP contribution is 2.27. The van der Waals surface area contributed by atoms with E-state index in [1.165, 1.54) is 24.3 Å². The largest absolute Gasteiger partial charge is 0.573 e. The van der Waals surface area contributed by atoms with Crippen molar-refractivity contribution in [2.45, 2.75) is 31.9 Å². The monoisotopic (exact) mass is 289 g/mol. The quantitative estimate of drug-likeness (QED) is 0.866. The van der Waals surface area contributed by atoms with Gasteiger partial charge in [0, 0.05) is 0 Å². The van der Waals surface area contributed by atoms with E-state index in [-0.39, 0.29) is 11.7 Å². The maximum absolute atomic E-state index is 12.1. The second kappa shape index (κ2) is 4.97. The molecule has 0 saturated carbocycles. The van der Waals surface area contributed by atoms with E-state index in [0.717, 1.165) is 0 Å². The van der Waals surface area contributed by atoms with Gasteiger partial charge in [-0.05, 0) is 31.5 Å². The van der Waals surface area contributed by atoms with Crippen LogP contribution in [0.25, 0.3) is 0 Å². The Bertz CT molecular complexity index is 493. The van der Waals surface area contributed by atoms with Crippen LogP contribution >= 0.6 is 0 Å². The first-order valence-electron chi connectivity index (χ1n) is 5.97. The molecule has 4 nitrogen and oxygen atoms in total. The Hall–Kier alpha value is -1.76. The Labute approximate surface area is 113 Å². The number of ether oxygens (including phenoxy) is 2. The molecular weight excluding hydrogens is 275 g/mol. The van der Waals surface area contributed by atoms with E-state index in [0.29, 0.717) is 12.2 Å². The van der Waals surface area contributed by atoms with E-state index in [1.807, 2.05) is 0 Å². The molecule has 1 N–H and O–H groups in total. The van der Waals surface area contributed by atoms with Crippen molar-refractivity contribution in [2.24, 2.45) is 0 Å². The van der Waals surface area contributed by atoms with Gasteiger partial charge in [0.15, 0.2) is 6.10 Å². The minimum absolute atomic E-state index is 0.231. The van der Waals surface area contributed by atoms with Gasteiger partial charge in [0.05, 0.1) is 12.1 Å². The Kier molecular flexibility index (Phi) is 3.64. The number of alkyl halides is 3. The topological polar surface area (TPSA) is 50.9 Å². The van der Waals surface area contributed by atoms with Crippen LogP contribution in [-0.2, 0) is 15.1 Å². The molecule has 1 saturated heterocycles. The second-order valence-electron chi connectivity index (χ2n) is 5.01.